The van der Waals surface area contributed by atoms with E-state index in [9.17, 15) is 0 Å². The van der Waals surface area contributed by atoms with E-state index in [1.54, 1.807) is 0 Å². The quantitative estimate of drug-likeness (QED) is 0.427. The molecule has 4 bridgehead atoms. The Labute approximate surface area is 187 Å². The van der Waals surface area contributed by atoms with Crippen molar-refractivity contribution in [1.82, 2.24) is 0 Å². The van der Waals surface area contributed by atoms with Crippen LogP contribution < -0.4 is 5.73 Å². The van der Waals surface area contributed by atoms with Gasteiger partial charge in [-0.05, 0) is 91.4 Å². The lowest BCUT2D eigenvalue weighted by Gasteiger charge is -2.67. The van der Waals surface area contributed by atoms with Crippen molar-refractivity contribution in [3.05, 3.63) is 35.9 Å². The van der Waals surface area contributed by atoms with Gasteiger partial charge in [0.1, 0.15) is 0 Å². The Morgan fingerprint density at radius 1 is 1.03 bits per heavy atom. The molecule has 5 aliphatic rings. The summed E-state index contributed by atoms with van der Waals surface area (Å²) >= 11 is 13.1. The van der Waals surface area contributed by atoms with Gasteiger partial charge in [0.25, 0.3) is 0 Å². The lowest BCUT2D eigenvalue weighted by atomic mass is 9.37. The molecule has 0 aromatic heterocycles. The molecule has 5 fully saturated rings. The van der Waals surface area contributed by atoms with Crippen molar-refractivity contribution in [1.29, 1.82) is 0 Å². The van der Waals surface area contributed by atoms with E-state index in [0.717, 1.165) is 24.6 Å². The molecule has 1 aromatic carbocycles. The van der Waals surface area contributed by atoms with Crippen LogP contribution in [0.3, 0.4) is 0 Å². The number of nitrogens with two attached hydrogens (primary N) is 1. The van der Waals surface area contributed by atoms with Crippen molar-refractivity contribution < 1.29 is 0 Å². The van der Waals surface area contributed by atoms with Crippen LogP contribution in [0.4, 0.5) is 0 Å². The molecule has 0 spiro atoms. The topological polar surface area (TPSA) is 26.0 Å². The maximum Gasteiger partial charge on any atom is 0.0280 e. The minimum atomic E-state index is 0.191. The number of hydrogen-bond donors (Lipinski definition) is 1. The van der Waals surface area contributed by atoms with Crippen LogP contribution in [0, 0.1) is 28.1 Å². The molecule has 5 unspecified atom stereocenters. The Morgan fingerprint density at radius 2 is 1.79 bits per heavy atom. The lowest BCUT2D eigenvalue weighted by molar-refractivity contribution is -0.0864. The van der Waals surface area contributed by atoms with Crippen LogP contribution >= 0.6 is 23.8 Å². The van der Waals surface area contributed by atoms with E-state index in [1.165, 1.54) is 55.4 Å². The van der Waals surface area contributed by atoms with Gasteiger partial charge in [-0.3, -0.25) is 0 Å². The second kappa shape index (κ2) is 6.78. The Bertz CT molecular complexity index is 806. The zero-order valence-electron chi connectivity index (χ0n) is 18.1. The fourth-order valence-electron chi connectivity index (χ4n) is 8.49. The van der Waals surface area contributed by atoms with Gasteiger partial charge in [0.15, 0.2) is 0 Å². The van der Waals surface area contributed by atoms with Gasteiger partial charge < -0.3 is 5.73 Å². The molecular formula is C26H36ClNS. The summed E-state index contributed by atoms with van der Waals surface area (Å²) in [5.74, 6) is 2.13. The first-order valence-electron chi connectivity index (χ1n) is 11.6. The smallest absolute Gasteiger partial charge is 0.0280 e. The first kappa shape index (κ1) is 20.5. The van der Waals surface area contributed by atoms with E-state index >= 15 is 0 Å². The third-order valence-corrected chi connectivity index (χ3v) is 10.7. The highest BCUT2D eigenvalue weighted by molar-refractivity contribution is 7.80. The molecular weight excluding hydrogens is 394 g/mol. The van der Waals surface area contributed by atoms with E-state index in [0.29, 0.717) is 12.0 Å². The summed E-state index contributed by atoms with van der Waals surface area (Å²) in [6.07, 6.45) is 11.2. The fraction of sp³-hybridized carbons (Fsp3) is 0.731. The SMILES string of the molecule is CC1(C)CC(C(=S)C23CC4CC(CCl)(C2)CC(c2ccccc2)(C4)C3)CC[C@@H]1N. The third kappa shape index (κ3) is 3.15. The fourth-order valence-corrected chi connectivity index (χ4v) is 9.22. The third-order valence-electron chi connectivity index (χ3n) is 9.35. The normalized spacial score (nSPS) is 45.3. The van der Waals surface area contributed by atoms with Crippen molar-refractivity contribution in [3.63, 3.8) is 0 Å². The lowest BCUT2D eigenvalue weighted by Crippen LogP contribution is -2.62. The number of alkyl halides is 1. The van der Waals surface area contributed by atoms with Crippen LogP contribution in [-0.4, -0.2) is 16.8 Å². The summed E-state index contributed by atoms with van der Waals surface area (Å²) in [6.45, 7) is 4.69. The molecule has 6 atom stereocenters. The van der Waals surface area contributed by atoms with Gasteiger partial charge in [0.2, 0.25) is 0 Å². The molecule has 0 heterocycles. The van der Waals surface area contributed by atoms with Gasteiger partial charge in [-0.2, -0.15) is 0 Å². The predicted octanol–water partition coefficient (Wildman–Crippen LogP) is 6.66. The van der Waals surface area contributed by atoms with E-state index in [4.69, 9.17) is 29.6 Å². The summed E-state index contributed by atoms with van der Waals surface area (Å²) in [5.41, 5.74) is 8.96. The standard InChI is InChI=1S/C26H36ClNS/c1-23(2)13-19(8-9-21(23)28)22(29)26-12-18-10-24(15-26,17-27)14-25(11-18,16-26)20-6-4-3-5-7-20/h3-7,18-19,21H,8-17,28H2,1-2H3/t18?,19?,21-,24?,25?,26?/m0/s1. The maximum absolute atomic E-state index is 6.73. The van der Waals surface area contributed by atoms with Gasteiger partial charge in [-0.1, -0.05) is 56.4 Å². The average molecular weight is 430 g/mol. The molecule has 0 saturated heterocycles. The zero-order valence-corrected chi connectivity index (χ0v) is 19.6. The summed E-state index contributed by atoms with van der Waals surface area (Å²) in [6, 6.07) is 11.6. The molecule has 0 amide bonds. The first-order chi connectivity index (χ1) is 13.7. The molecule has 5 saturated carbocycles. The highest BCUT2D eigenvalue weighted by Gasteiger charge is 2.65. The number of rotatable bonds is 4. The van der Waals surface area contributed by atoms with Gasteiger partial charge in [0, 0.05) is 22.2 Å². The van der Waals surface area contributed by atoms with Crippen LogP contribution in [0.25, 0.3) is 0 Å². The van der Waals surface area contributed by atoms with E-state index in [2.05, 4.69) is 44.2 Å². The van der Waals surface area contributed by atoms with Crippen molar-refractivity contribution in [3.8, 4) is 0 Å². The van der Waals surface area contributed by atoms with Crippen LogP contribution in [0.15, 0.2) is 30.3 Å². The van der Waals surface area contributed by atoms with Gasteiger partial charge in [-0.15, -0.1) is 11.6 Å². The summed E-state index contributed by atoms with van der Waals surface area (Å²) in [7, 11) is 0. The monoisotopic (exact) mass is 429 g/mol. The average Bonchev–Trinajstić information content (AvgIpc) is 2.69. The largest absolute Gasteiger partial charge is 0.327 e. The Balaban J connectivity index is 1.52. The van der Waals surface area contributed by atoms with Crippen LogP contribution in [0.2, 0.25) is 0 Å². The first-order valence-corrected chi connectivity index (χ1v) is 12.6. The van der Waals surface area contributed by atoms with Gasteiger partial charge in [-0.25, -0.2) is 0 Å². The second-order valence-corrected chi connectivity index (χ2v) is 12.7. The van der Waals surface area contributed by atoms with E-state index in [1.807, 2.05) is 0 Å². The number of thiocarbonyl (C=S) groups is 1. The number of halogens is 1. The molecule has 2 N–H and O–H groups in total. The minimum Gasteiger partial charge on any atom is -0.327 e. The highest BCUT2D eigenvalue weighted by atomic mass is 35.5. The number of benzene rings is 1. The van der Waals surface area contributed by atoms with Crippen LogP contribution in [0.1, 0.15) is 77.2 Å². The van der Waals surface area contributed by atoms with Gasteiger partial charge >= 0.3 is 0 Å². The summed E-state index contributed by atoms with van der Waals surface area (Å²) in [5, 5.41) is 0. The summed E-state index contributed by atoms with van der Waals surface area (Å²) in [4.78, 5) is 1.40. The van der Waals surface area contributed by atoms with Crippen molar-refractivity contribution in [2.45, 2.75) is 83.1 Å². The molecule has 1 aromatic rings. The van der Waals surface area contributed by atoms with E-state index < -0.39 is 0 Å². The predicted molar refractivity (Wildman–Crippen MR) is 127 cm³/mol. The van der Waals surface area contributed by atoms with E-state index in [-0.39, 0.29) is 21.7 Å². The maximum atomic E-state index is 6.73. The van der Waals surface area contributed by atoms with Crippen molar-refractivity contribution in [2.24, 2.45) is 33.8 Å². The molecule has 29 heavy (non-hydrogen) atoms. The Kier molecular flexibility index (Phi) is 4.78. The molecule has 0 radical (unpaired) electrons. The van der Waals surface area contributed by atoms with Crippen molar-refractivity contribution >= 4 is 28.7 Å². The summed E-state index contributed by atoms with van der Waals surface area (Å²) < 4.78 is 0. The Hall–Kier alpha value is -0.440. The number of hydrogen-bond acceptors (Lipinski definition) is 2. The van der Waals surface area contributed by atoms with Gasteiger partial charge in [0.05, 0.1) is 0 Å². The van der Waals surface area contributed by atoms with Crippen molar-refractivity contribution in [2.75, 3.05) is 5.88 Å². The zero-order chi connectivity index (χ0) is 20.5. The Morgan fingerprint density at radius 3 is 2.48 bits per heavy atom. The molecule has 0 aliphatic heterocycles. The minimum absolute atomic E-state index is 0.191. The second-order valence-electron chi connectivity index (χ2n) is 12.0. The molecule has 1 nitrogen and oxygen atoms in total. The molecule has 5 aliphatic carbocycles. The molecule has 158 valence electrons. The van der Waals surface area contributed by atoms with Crippen LogP contribution in [0.5, 0.6) is 0 Å². The molecule has 3 heteroatoms. The molecule has 6 rings (SSSR count). The van der Waals surface area contributed by atoms with Crippen LogP contribution in [-0.2, 0) is 5.41 Å². The highest BCUT2D eigenvalue weighted by Crippen LogP contribution is 2.71.